The molecule has 2 unspecified atom stereocenters. The van der Waals surface area contributed by atoms with Crippen molar-refractivity contribution in [1.29, 1.82) is 0 Å². The maximum atomic E-state index is 12.1. The summed E-state index contributed by atoms with van der Waals surface area (Å²) in [5.41, 5.74) is 8.31. The van der Waals surface area contributed by atoms with Crippen molar-refractivity contribution in [2.24, 2.45) is 11.7 Å². The first-order valence-electron chi connectivity index (χ1n) is 6.49. The fraction of sp³-hybridized carbons (Fsp3) is 0.467. The summed E-state index contributed by atoms with van der Waals surface area (Å²) in [6, 6.07) is 3.70. The van der Waals surface area contributed by atoms with Crippen molar-refractivity contribution in [2.45, 2.75) is 19.8 Å². The number of hydrogen-bond donors (Lipinski definition) is 1. The molecular weight excluding hydrogens is 338 g/mol. The molecule has 0 radical (unpaired) electrons. The number of halogens is 1. The summed E-state index contributed by atoms with van der Waals surface area (Å²) in [5.74, 6) is -2.58. The zero-order valence-electron chi connectivity index (χ0n) is 12.6. The number of rotatable bonds is 5. The lowest BCUT2D eigenvalue weighted by Gasteiger charge is -2.23. The average Bonchev–Trinajstić information content (AvgIpc) is 2.48. The van der Waals surface area contributed by atoms with Crippen LogP contribution in [0.15, 0.2) is 16.6 Å². The van der Waals surface area contributed by atoms with Crippen LogP contribution >= 0.6 is 15.9 Å². The van der Waals surface area contributed by atoms with Crippen molar-refractivity contribution < 1.29 is 19.1 Å². The van der Waals surface area contributed by atoms with Crippen LogP contribution in [0.5, 0.6) is 0 Å². The van der Waals surface area contributed by atoms with Gasteiger partial charge in [-0.05, 0) is 30.5 Å². The number of esters is 2. The lowest BCUT2D eigenvalue weighted by molar-refractivity contribution is -0.153. The minimum Gasteiger partial charge on any atom is -0.469 e. The van der Waals surface area contributed by atoms with Crippen LogP contribution in [-0.4, -0.2) is 32.7 Å². The molecule has 0 saturated heterocycles. The summed E-state index contributed by atoms with van der Waals surface area (Å²) >= 11 is 3.48. The molecule has 2 N–H and O–H groups in total. The predicted octanol–water partition coefficient (Wildman–Crippen LogP) is 2.07. The van der Waals surface area contributed by atoms with Gasteiger partial charge in [0.15, 0.2) is 0 Å². The number of carbonyl (C=O) groups excluding carboxylic acids is 2. The molecule has 0 aromatic heterocycles. The molecule has 0 spiro atoms. The smallest absolute Gasteiger partial charge is 0.314 e. The molecule has 0 bridgehead atoms. The largest absolute Gasteiger partial charge is 0.469 e. The third kappa shape index (κ3) is 3.83. The van der Waals surface area contributed by atoms with E-state index in [2.05, 4.69) is 15.9 Å². The number of benzene rings is 1. The van der Waals surface area contributed by atoms with E-state index in [1.807, 2.05) is 26.0 Å². The molecule has 0 aliphatic carbocycles. The van der Waals surface area contributed by atoms with E-state index in [4.69, 9.17) is 15.2 Å². The molecule has 0 aliphatic heterocycles. The first-order valence-corrected chi connectivity index (χ1v) is 7.29. The van der Waals surface area contributed by atoms with Crippen LogP contribution in [0.2, 0.25) is 0 Å². The van der Waals surface area contributed by atoms with E-state index < -0.39 is 23.8 Å². The molecular formula is C15H20BrNO4. The van der Waals surface area contributed by atoms with E-state index in [0.29, 0.717) is 5.56 Å². The highest BCUT2D eigenvalue weighted by atomic mass is 79.9. The van der Waals surface area contributed by atoms with E-state index >= 15 is 0 Å². The van der Waals surface area contributed by atoms with Gasteiger partial charge in [0.05, 0.1) is 26.1 Å². The molecule has 6 heteroatoms. The maximum Gasteiger partial charge on any atom is 0.314 e. The van der Waals surface area contributed by atoms with Gasteiger partial charge in [0.1, 0.15) is 0 Å². The molecule has 5 nitrogen and oxygen atoms in total. The summed E-state index contributed by atoms with van der Waals surface area (Å²) in [4.78, 5) is 24.0. The highest BCUT2D eigenvalue weighted by Crippen LogP contribution is 2.31. The minimum atomic E-state index is -0.780. The van der Waals surface area contributed by atoms with Crippen LogP contribution < -0.4 is 5.73 Å². The number of methoxy groups -OCH3 is 2. The molecule has 0 aliphatic rings. The van der Waals surface area contributed by atoms with Gasteiger partial charge in [-0.2, -0.15) is 0 Å². The highest BCUT2D eigenvalue weighted by molar-refractivity contribution is 9.10. The maximum absolute atomic E-state index is 12.1. The minimum absolute atomic E-state index is 0.000594. The Morgan fingerprint density at radius 2 is 1.62 bits per heavy atom. The predicted molar refractivity (Wildman–Crippen MR) is 82.9 cm³/mol. The molecule has 1 rings (SSSR count). The number of ether oxygens (including phenoxy) is 2. The second-order valence-corrected chi connectivity index (χ2v) is 5.63. The Labute approximate surface area is 132 Å². The van der Waals surface area contributed by atoms with Gasteiger partial charge in [0.2, 0.25) is 0 Å². The molecule has 0 saturated carbocycles. The van der Waals surface area contributed by atoms with Gasteiger partial charge in [0.25, 0.3) is 0 Å². The first kappa shape index (κ1) is 17.7. The van der Waals surface area contributed by atoms with Crippen molar-refractivity contribution in [3.8, 4) is 0 Å². The van der Waals surface area contributed by atoms with Crippen LogP contribution in [-0.2, 0) is 19.1 Å². The van der Waals surface area contributed by atoms with E-state index in [9.17, 15) is 9.59 Å². The Morgan fingerprint density at radius 3 is 2.00 bits per heavy atom. The van der Waals surface area contributed by atoms with Gasteiger partial charge >= 0.3 is 11.9 Å². The standard InChI is InChI=1S/C15H20BrNO4/c1-8-5-10(6-9(2)13(8)16)12(15(19)21-4)11(7-17)14(18)20-3/h5-6,11-12H,7,17H2,1-4H3. The quantitative estimate of drug-likeness (QED) is 0.816. The lowest BCUT2D eigenvalue weighted by Crippen LogP contribution is -2.35. The number of carbonyl (C=O) groups is 2. The third-order valence-electron chi connectivity index (χ3n) is 3.43. The van der Waals surface area contributed by atoms with Gasteiger partial charge in [-0.25, -0.2) is 0 Å². The molecule has 0 fully saturated rings. The summed E-state index contributed by atoms with van der Waals surface area (Å²) in [6.07, 6.45) is 0. The van der Waals surface area contributed by atoms with E-state index in [1.165, 1.54) is 14.2 Å². The van der Waals surface area contributed by atoms with Gasteiger partial charge < -0.3 is 15.2 Å². The number of hydrogen-bond acceptors (Lipinski definition) is 5. The van der Waals surface area contributed by atoms with E-state index in [0.717, 1.165) is 15.6 Å². The molecule has 21 heavy (non-hydrogen) atoms. The van der Waals surface area contributed by atoms with Gasteiger partial charge in [-0.1, -0.05) is 28.1 Å². The second-order valence-electron chi connectivity index (χ2n) is 4.83. The molecule has 0 heterocycles. The number of aryl methyl sites for hydroxylation is 2. The first-order chi connectivity index (χ1) is 9.87. The fourth-order valence-corrected chi connectivity index (χ4v) is 2.57. The summed E-state index contributed by atoms with van der Waals surface area (Å²) < 4.78 is 10.6. The summed E-state index contributed by atoms with van der Waals surface area (Å²) in [6.45, 7) is 3.84. The second kappa shape index (κ2) is 7.56. The zero-order valence-corrected chi connectivity index (χ0v) is 14.2. The third-order valence-corrected chi connectivity index (χ3v) is 4.68. The zero-order chi connectivity index (χ0) is 16.2. The van der Waals surface area contributed by atoms with Gasteiger partial charge in [-0.3, -0.25) is 9.59 Å². The Balaban J connectivity index is 3.38. The van der Waals surface area contributed by atoms with Gasteiger partial charge in [0, 0.05) is 11.0 Å². The van der Waals surface area contributed by atoms with Crippen LogP contribution in [0.25, 0.3) is 0 Å². The van der Waals surface area contributed by atoms with Crippen molar-refractivity contribution in [3.05, 3.63) is 33.3 Å². The van der Waals surface area contributed by atoms with Crippen LogP contribution in [0.4, 0.5) is 0 Å². The number of nitrogens with two attached hydrogens (primary N) is 1. The molecule has 2 atom stereocenters. The Bertz CT molecular complexity index is 521. The van der Waals surface area contributed by atoms with E-state index in [1.54, 1.807) is 0 Å². The Morgan fingerprint density at radius 1 is 1.14 bits per heavy atom. The summed E-state index contributed by atoms with van der Waals surface area (Å²) in [5, 5.41) is 0. The van der Waals surface area contributed by atoms with Crippen molar-refractivity contribution in [2.75, 3.05) is 20.8 Å². The normalized spacial score (nSPS) is 13.4. The average molecular weight is 358 g/mol. The summed E-state index contributed by atoms with van der Waals surface area (Å²) in [7, 11) is 2.57. The highest BCUT2D eigenvalue weighted by Gasteiger charge is 2.36. The van der Waals surface area contributed by atoms with Crippen LogP contribution in [0, 0.1) is 19.8 Å². The molecule has 0 amide bonds. The fourth-order valence-electron chi connectivity index (χ4n) is 2.34. The van der Waals surface area contributed by atoms with Crippen LogP contribution in [0.3, 0.4) is 0 Å². The molecule has 1 aromatic rings. The van der Waals surface area contributed by atoms with Crippen molar-refractivity contribution in [3.63, 3.8) is 0 Å². The molecule has 1 aromatic carbocycles. The van der Waals surface area contributed by atoms with E-state index in [-0.39, 0.29) is 6.54 Å². The SMILES string of the molecule is COC(=O)C(CN)C(C(=O)OC)c1cc(C)c(Br)c(C)c1. The van der Waals surface area contributed by atoms with Crippen molar-refractivity contribution in [1.82, 2.24) is 0 Å². The Kier molecular flexibility index (Phi) is 6.36. The van der Waals surface area contributed by atoms with Crippen LogP contribution in [0.1, 0.15) is 22.6 Å². The topological polar surface area (TPSA) is 78.6 Å². The van der Waals surface area contributed by atoms with Gasteiger partial charge in [-0.15, -0.1) is 0 Å². The van der Waals surface area contributed by atoms with Crippen molar-refractivity contribution >= 4 is 27.9 Å². The Hall–Kier alpha value is -1.40. The molecule has 116 valence electrons. The lowest BCUT2D eigenvalue weighted by atomic mass is 9.84. The monoisotopic (exact) mass is 357 g/mol.